The fourth-order valence-electron chi connectivity index (χ4n) is 3.01. The Morgan fingerprint density at radius 1 is 0.788 bits per heavy atom. The molecule has 7 heteroatoms. The first kappa shape index (κ1) is 23.7. The summed E-state index contributed by atoms with van der Waals surface area (Å²) in [6.45, 7) is 4.52. The van der Waals surface area contributed by atoms with E-state index in [0.29, 0.717) is 31.1 Å². The van der Waals surface area contributed by atoms with Crippen LogP contribution < -0.4 is 25.4 Å². The van der Waals surface area contributed by atoms with Gasteiger partial charge in [0.1, 0.15) is 24.7 Å². The lowest BCUT2D eigenvalue weighted by Crippen LogP contribution is -2.22. The first-order chi connectivity index (χ1) is 16.0. The van der Waals surface area contributed by atoms with E-state index in [1.807, 2.05) is 67.6 Å². The first-order valence-corrected chi connectivity index (χ1v) is 10.9. The summed E-state index contributed by atoms with van der Waals surface area (Å²) in [6.07, 6.45) is 0.402. The Labute approximate surface area is 194 Å². The molecular formula is C26H29N3O4. The van der Waals surface area contributed by atoms with E-state index in [0.717, 1.165) is 22.7 Å². The number of rotatable bonds is 11. The summed E-state index contributed by atoms with van der Waals surface area (Å²) in [6, 6.07) is 22.4. The summed E-state index contributed by atoms with van der Waals surface area (Å²) in [7, 11) is 0. The number of hydrogen-bond acceptors (Lipinski definition) is 5. The van der Waals surface area contributed by atoms with Crippen LogP contribution in [0, 0.1) is 6.92 Å². The summed E-state index contributed by atoms with van der Waals surface area (Å²) in [5.41, 5.74) is 3.01. The van der Waals surface area contributed by atoms with Crippen molar-refractivity contribution in [3.63, 3.8) is 0 Å². The molecule has 0 unspecified atom stereocenters. The van der Waals surface area contributed by atoms with E-state index >= 15 is 0 Å². The first-order valence-electron chi connectivity index (χ1n) is 10.9. The molecule has 3 N–H and O–H groups in total. The van der Waals surface area contributed by atoms with Gasteiger partial charge in [-0.1, -0.05) is 43.3 Å². The largest absolute Gasteiger partial charge is 0.490 e. The van der Waals surface area contributed by atoms with Crippen LogP contribution in [0.3, 0.4) is 0 Å². The Bertz CT molecular complexity index is 1070. The van der Waals surface area contributed by atoms with Crippen molar-refractivity contribution in [1.29, 1.82) is 0 Å². The maximum Gasteiger partial charge on any atom is 0.243 e. The van der Waals surface area contributed by atoms with E-state index in [-0.39, 0.29) is 18.4 Å². The highest BCUT2D eigenvalue weighted by molar-refractivity contribution is 5.95. The molecule has 0 aliphatic rings. The van der Waals surface area contributed by atoms with Crippen molar-refractivity contribution >= 4 is 28.9 Å². The highest BCUT2D eigenvalue weighted by atomic mass is 16.5. The van der Waals surface area contributed by atoms with Crippen LogP contribution in [0.25, 0.3) is 0 Å². The number of hydrogen-bond donors (Lipinski definition) is 3. The van der Waals surface area contributed by atoms with Crippen molar-refractivity contribution in [2.45, 2.75) is 20.3 Å². The molecule has 0 bridgehead atoms. The van der Waals surface area contributed by atoms with Gasteiger partial charge < -0.3 is 25.4 Å². The van der Waals surface area contributed by atoms with Crippen LogP contribution >= 0.6 is 0 Å². The molecule has 0 spiro atoms. The van der Waals surface area contributed by atoms with E-state index in [9.17, 15) is 9.59 Å². The van der Waals surface area contributed by atoms with Crippen molar-refractivity contribution in [3.05, 3.63) is 78.4 Å². The van der Waals surface area contributed by atoms with Crippen molar-refractivity contribution in [2.24, 2.45) is 0 Å². The molecule has 0 aliphatic carbocycles. The lowest BCUT2D eigenvalue weighted by atomic mass is 10.1. The molecule has 0 atom stereocenters. The zero-order valence-corrected chi connectivity index (χ0v) is 18.9. The van der Waals surface area contributed by atoms with E-state index < -0.39 is 0 Å². The molecule has 0 saturated heterocycles. The molecule has 0 saturated carbocycles. The number of aryl methyl sites for hydroxylation is 1. The van der Waals surface area contributed by atoms with Gasteiger partial charge in [0.2, 0.25) is 11.8 Å². The van der Waals surface area contributed by atoms with E-state index in [1.165, 1.54) is 0 Å². The summed E-state index contributed by atoms with van der Waals surface area (Å²) in [4.78, 5) is 24.2. The Hall–Kier alpha value is -4.00. The third-order valence-corrected chi connectivity index (χ3v) is 4.80. The lowest BCUT2D eigenvalue weighted by Gasteiger charge is -2.14. The average molecular weight is 448 g/mol. The fourth-order valence-corrected chi connectivity index (χ4v) is 3.01. The minimum Gasteiger partial charge on any atom is -0.490 e. The Morgan fingerprint density at radius 2 is 1.48 bits per heavy atom. The zero-order chi connectivity index (χ0) is 23.5. The Balaban J connectivity index is 1.50. The van der Waals surface area contributed by atoms with E-state index in [2.05, 4.69) is 16.0 Å². The number of amides is 2. The molecule has 0 fully saturated rings. The Morgan fingerprint density at radius 3 is 2.27 bits per heavy atom. The monoisotopic (exact) mass is 447 g/mol. The van der Waals surface area contributed by atoms with Gasteiger partial charge >= 0.3 is 0 Å². The molecule has 33 heavy (non-hydrogen) atoms. The maximum atomic E-state index is 12.5. The molecule has 0 heterocycles. The van der Waals surface area contributed by atoms with Crippen molar-refractivity contribution in [3.8, 4) is 11.5 Å². The van der Waals surface area contributed by atoms with Gasteiger partial charge in [-0.05, 0) is 48.9 Å². The van der Waals surface area contributed by atoms with Crippen LogP contribution in [-0.4, -0.2) is 31.6 Å². The van der Waals surface area contributed by atoms with Crippen molar-refractivity contribution in [2.75, 3.05) is 35.7 Å². The molecule has 0 radical (unpaired) electrons. The number of benzene rings is 3. The third-order valence-electron chi connectivity index (χ3n) is 4.80. The van der Waals surface area contributed by atoms with Gasteiger partial charge in [0.15, 0.2) is 0 Å². The van der Waals surface area contributed by atoms with Crippen LogP contribution in [-0.2, 0) is 9.59 Å². The summed E-state index contributed by atoms with van der Waals surface area (Å²) < 4.78 is 11.4. The smallest absolute Gasteiger partial charge is 0.243 e. The molecule has 7 nitrogen and oxygen atoms in total. The number of carbonyl (C=O) groups is 2. The SMILES string of the molecule is CCC(=O)Nc1cc(NCC(=O)Nc2ccccc2OCCOc2ccccc2)ccc1C. The van der Waals surface area contributed by atoms with Crippen LogP contribution in [0.15, 0.2) is 72.8 Å². The number of para-hydroxylation sites is 3. The highest BCUT2D eigenvalue weighted by Crippen LogP contribution is 2.24. The van der Waals surface area contributed by atoms with Crippen LogP contribution in [0.4, 0.5) is 17.1 Å². The summed E-state index contributed by atoms with van der Waals surface area (Å²) in [5.74, 6) is 1.08. The van der Waals surface area contributed by atoms with Crippen LogP contribution in [0.2, 0.25) is 0 Å². The number of anilines is 3. The van der Waals surface area contributed by atoms with Crippen LogP contribution in [0.5, 0.6) is 11.5 Å². The second kappa shape index (κ2) is 12.1. The van der Waals surface area contributed by atoms with Gasteiger partial charge in [-0.25, -0.2) is 0 Å². The van der Waals surface area contributed by atoms with Crippen molar-refractivity contribution < 1.29 is 19.1 Å². The molecule has 0 aromatic heterocycles. The third kappa shape index (κ3) is 7.57. The lowest BCUT2D eigenvalue weighted by molar-refractivity contribution is -0.116. The van der Waals surface area contributed by atoms with Gasteiger partial charge in [-0.3, -0.25) is 9.59 Å². The van der Waals surface area contributed by atoms with E-state index in [1.54, 1.807) is 19.1 Å². The predicted molar refractivity (Wildman–Crippen MR) is 131 cm³/mol. The van der Waals surface area contributed by atoms with Gasteiger partial charge in [0, 0.05) is 17.8 Å². The van der Waals surface area contributed by atoms with E-state index in [4.69, 9.17) is 9.47 Å². The molecule has 0 aliphatic heterocycles. The standard InChI is InChI=1S/C26H29N3O4/c1-3-25(30)29-23-17-20(14-13-19(23)2)27-18-26(31)28-22-11-7-8-12-24(22)33-16-15-32-21-9-5-4-6-10-21/h4-14,17,27H,3,15-16,18H2,1-2H3,(H,28,31)(H,29,30). The molecule has 3 aromatic carbocycles. The average Bonchev–Trinajstić information content (AvgIpc) is 2.83. The summed E-state index contributed by atoms with van der Waals surface area (Å²) in [5, 5.41) is 8.82. The quantitative estimate of drug-likeness (QED) is 0.366. The molecule has 3 rings (SSSR count). The second-order valence-electron chi connectivity index (χ2n) is 7.34. The number of carbonyl (C=O) groups excluding carboxylic acids is 2. The van der Waals surface area contributed by atoms with Gasteiger partial charge in [0.25, 0.3) is 0 Å². The second-order valence-corrected chi connectivity index (χ2v) is 7.34. The van der Waals surface area contributed by atoms with Crippen molar-refractivity contribution in [1.82, 2.24) is 0 Å². The minimum absolute atomic E-state index is 0.0567. The predicted octanol–water partition coefficient (Wildman–Crippen LogP) is 4.85. The Kier molecular flexibility index (Phi) is 8.71. The van der Waals surface area contributed by atoms with Crippen LogP contribution in [0.1, 0.15) is 18.9 Å². The topological polar surface area (TPSA) is 88.7 Å². The number of nitrogens with one attached hydrogen (secondary N) is 3. The van der Waals surface area contributed by atoms with Gasteiger partial charge in [-0.2, -0.15) is 0 Å². The fraction of sp³-hybridized carbons (Fsp3) is 0.231. The van der Waals surface area contributed by atoms with Gasteiger partial charge in [0.05, 0.1) is 12.2 Å². The highest BCUT2D eigenvalue weighted by Gasteiger charge is 2.09. The summed E-state index contributed by atoms with van der Waals surface area (Å²) >= 11 is 0. The number of ether oxygens (including phenoxy) is 2. The normalized spacial score (nSPS) is 10.2. The molecule has 2 amide bonds. The maximum absolute atomic E-state index is 12.5. The zero-order valence-electron chi connectivity index (χ0n) is 18.9. The molecule has 3 aromatic rings. The molecular weight excluding hydrogens is 418 g/mol. The molecule has 172 valence electrons. The minimum atomic E-state index is -0.216. The van der Waals surface area contributed by atoms with Gasteiger partial charge in [-0.15, -0.1) is 0 Å².